The number of carboxylic acids is 1. The van der Waals surface area contributed by atoms with Crippen molar-refractivity contribution in [2.45, 2.75) is 6.42 Å². The van der Waals surface area contributed by atoms with Crippen molar-refractivity contribution < 1.29 is 14.7 Å². The van der Waals surface area contributed by atoms with Crippen molar-refractivity contribution in [1.82, 2.24) is 0 Å². The Morgan fingerprint density at radius 1 is 1.47 bits per heavy atom. The third-order valence-corrected chi connectivity index (χ3v) is 2.49. The molecule has 1 aromatic heterocycles. The third kappa shape index (κ3) is 4.37. The first-order chi connectivity index (χ1) is 7.22. The zero-order valence-corrected chi connectivity index (χ0v) is 8.74. The van der Waals surface area contributed by atoms with Gasteiger partial charge in [0.25, 0.3) is 0 Å². The van der Waals surface area contributed by atoms with Crippen molar-refractivity contribution in [3.05, 3.63) is 34.0 Å². The lowest BCUT2D eigenvalue weighted by Crippen LogP contribution is -1.84. The molecule has 15 heavy (non-hydrogen) atoms. The number of carbonyl (C=O) groups is 2. The van der Waals surface area contributed by atoms with Crippen LogP contribution >= 0.6 is 11.3 Å². The molecule has 0 unspecified atom stereocenters. The summed E-state index contributed by atoms with van der Waals surface area (Å²) in [6.07, 6.45) is 7.47. The highest BCUT2D eigenvalue weighted by atomic mass is 32.1. The van der Waals surface area contributed by atoms with Gasteiger partial charge in [0.05, 0.1) is 0 Å². The summed E-state index contributed by atoms with van der Waals surface area (Å²) in [5, 5.41) is 10.3. The van der Waals surface area contributed by atoms with Crippen LogP contribution in [-0.4, -0.2) is 17.4 Å². The fourth-order valence-corrected chi connectivity index (χ4v) is 1.73. The summed E-state index contributed by atoms with van der Waals surface area (Å²) in [4.78, 5) is 21.2. The number of aldehydes is 1. The van der Waals surface area contributed by atoms with E-state index in [0.29, 0.717) is 6.42 Å². The molecule has 3 nitrogen and oxygen atoms in total. The number of hydrogen-bond acceptors (Lipinski definition) is 3. The lowest BCUT2D eigenvalue weighted by molar-refractivity contribution is -0.131. The highest BCUT2D eigenvalue weighted by Gasteiger charge is 1.94. The number of allylic oxidation sites excluding steroid dienone is 1. The minimum absolute atomic E-state index is 0.399. The summed E-state index contributed by atoms with van der Waals surface area (Å²) in [6, 6.07) is 1.87. The van der Waals surface area contributed by atoms with E-state index in [1.165, 1.54) is 11.3 Å². The predicted octanol–water partition coefficient (Wildman–Crippen LogP) is 2.45. The predicted molar refractivity (Wildman–Crippen MR) is 60.7 cm³/mol. The Bertz CT molecular complexity index is 402. The smallest absolute Gasteiger partial charge is 0.328 e. The van der Waals surface area contributed by atoms with E-state index in [2.05, 4.69) is 0 Å². The van der Waals surface area contributed by atoms with Gasteiger partial charge >= 0.3 is 5.97 Å². The number of hydrogen-bond donors (Lipinski definition) is 1. The highest BCUT2D eigenvalue weighted by molar-refractivity contribution is 7.11. The maximum absolute atomic E-state index is 10.3. The van der Waals surface area contributed by atoms with Crippen LogP contribution in [0.4, 0.5) is 0 Å². The first-order valence-corrected chi connectivity index (χ1v) is 5.20. The van der Waals surface area contributed by atoms with E-state index in [4.69, 9.17) is 5.11 Å². The first kappa shape index (κ1) is 11.4. The van der Waals surface area contributed by atoms with E-state index < -0.39 is 5.97 Å². The largest absolute Gasteiger partial charge is 0.478 e. The van der Waals surface area contributed by atoms with Gasteiger partial charge in [-0.25, -0.2) is 4.79 Å². The molecule has 0 radical (unpaired) electrons. The van der Waals surface area contributed by atoms with Crippen LogP contribution in [0.2, 0.25) is 0 Å². The first-order valence-electron chi connectivity index (χ1n) is 4.32. The van der Waals surface area contributed by atoms with Crippen molar-refractivity contribution >= 4 is 35.7 Å². The molecule has 0 fully saturated rings. The molecule has 0 bridgehead atoms. The third-order valence-electron chi connectivity index (χ3n) is 1.57. The topological polar surface area (TPSA) is 54.4 Å². The van der Waals surface area contributed by atoms with E-state index in [-0.39, 0.29) is 0 Å². The molecule has 78 valence electrons. The molecule has 0 amide bonds. The fraction of sp³-hybridized carbons (Fsp3) is 0.0909. The number of carboxylic acid groups (broad SMARTS) is 1. The molecule has 1 N–H and O–H groups in total. The van der Waals surface area contributed by atoms with Crippen LogP contribution < -0.4 is 0 Å². The van der Waals surface area contributed by atoms with Gasteiger partial charge in [-0.05, 0) is 23.1 Å². The van der Waals surface area contributed by atoms with Gasteiger partial charge in [0.1, 0.15) is 6.29 Å². The van der Waals surface area contributed by atoms with Crippen molar-refractivity contribution in [3.63, 3.8) is 0 Å². The van der Waals surface area contributed by atoms with Gasteiger partial charge in [-0.15, -0.1) is 11.3 Å². The van der Waals surface area contributed by atoms with Crippen LogP contribution in [0.15, 0.2) is 23.6 Å². The maximum Gasteiger partial charge on any atom is 0.328 e. The average molecular weight is 222 g/mol. The van der Waals surface area contributed by atoms with Crippen LogP contribution in [0.1, 0.15) is 16.9 Å². The molecule has 0 saturated carbocycles. The minimum Gasteiger partial charge on any atom is -0.478 e. The van der Waals surface area contributed by atoms with Gasteiger partial charge in [-0.1, -0.05) is 12.2 Å². The lowest BCUT2D eigenvalue weighted by Gasteiger charge is -1.82. The Hall–Kier alpha value is -1.68. The molecule has 0 aliphatic rings. The molecule has 1 heterocycles. The van der Waals surface area contributed by atoms with Crippen molar-refractivity contribution in [2.24, 2.45) is 0 Å². The fourth-order valence-electron chi connectivity index (χ4n) is 0.956. The number of rotatable bonds is 5. The second-order valence-electron chi connectivity index (χ2n) is 2.76. The summed E-state index contributed by atoms with van der Waals surface area (Å²) in [5.41, 5.74) is 0.979. The average Bonchev–Trinajstić information content (AvgIpc) is 2.63. The molecule has 0 aliphatic heterocycles. The SMILES string of the molecule is O=CCC=Cc1csc(/C=C/C(=O)O)c1. The van der Waals surface area contributed by atoms with Crippen LogP contribution in [0, 0.1) is 0 Å². The molecule has 4 heteroatoms. The van der Waals surface area contributed by atoms with Gasteiger partial charge in [0.15, 0.2) is 0 Å². The molecule has 0 aromatic carbocycles. The summed E-state index contributed by atoms with van der Waals surface area (Å²) >= 11 is 1.46. The van der Waals surface area contributed by atoms with Gasteiger partial charge in [0, 0.05) is 17.4 Å². The second kappa shape index (κ2) is 5.93. The summed E-state index contributed by atoms with van der Waals surface area (Å²) in [6.45, 7) is 0. The molecule has 0 atom stereocenters. The van der Waals surface area contributed by atoms with Gasteiger partial charge in [-0.2, -0.15) is 0 Å². The molecular weight excluding hydrogens is 212 g/mol. The Morgan fingerprint density at radius 3 is 2.93 bits per heavy atom. The maximum atomic E-state index is 10.3. The Balaban J connectivity index is 2.63. The van der Waals surface area contributed by atoms with E-state index in [0.717, 1.165) is 22.8 Å². The molecule has 1 rings (SSSR count). The zero-order valence-electron chi connectivity index (χ0n) is 7.92. The quantitative estimate of drug-likeness (QED) is 0.615. The molecule has 0 aliphatic carbocycles. The summed E-state index contributed by atoms with van der Waals surface area (Å²) < 4.78 is 0. The van der Waals surface area contributed by atoms with Gasteiger partial charge < -0.3 is 9.90 Å². The lowest BCUT2D eigenvalue weighted by atomic mass is 10.2. The van der Waals surface area contributed by atoms with Crippen molar-refractivity contribution in [1.29, 1.82) is 0 Å². The van der Waals surface area contributed by atoms with E-state index in [1.807, 2.05) is 17.5 Å². The molecule has 0 spiro atoms. The number of aliphatic carboxylic acids is 1. The monoisotopic (exact) mass is 222 g/mol. The molecule has 1 aromatic rings. The Labute approximate surface area is 91.4 Å². The van der Waals surface area contributed by atoms with Crippen LogP contribution in [0.5, 0.6) is 0 Å². The number of thiophene rings is 1. The standard InChI is InChI=1S/C11H10O3S/c12-6-2-1-3-9-7-10(15-8-9)4-5-11(13)14/h1,3-8H,2H2,(H,13,14)/b3-1?,5-4+. The molecular formula is C11H10O3S. The van der Waals surface area contributed by atoms with E-state index in [1.54, 1.807) is 12.2 Å². The van der Waals surface area contributed by atoms with Crippen LogP contribution in [0.25, 0.3) is 12.2 Å². The molecule has 0 saturated heterocycles. The van der Waals surface area contributed by atoms with Crippen molar-refractivity contribution in [3.8, 4) is 0 Å². The Morgan fingerprint density at radius 2 is 2.27 bits per heavy atom. The van der Waals surface area contributed by atoms with Gasteiger partial charge in [-0.3, -0.25) is 0 Å². The zero-order chi connectivity index (χ0) is 11.1. The van der Waals surface area contributed by atoms with Gasteiger partial charge in [0.2, 0.25) is 0 Å². The number of carbonyl (C=O) groups excluding carboxylic acids is 1. The van der Waals surface area contributed by atoms with E-state index in [9.17, 15) is 9.59 Å². The normalized spacial score (nSPS) is 11.2. The van der Waals surface area contributed by atoms with Crippen molar-refractivity contribution in [2.75, 3.05) is 0 Å². The highest BCUT2D eigenvalue weighted by Crippen LogP contribution is 2.17. The second-order valence-corrected chi connectivity index (χ2v) is 3.70. The van der Waals surface area contributed by atoms with Crippen LogP contribution in [-0.2, 0) is 9.59 Å². The Kier molecular flexibility index (Phi) is 4.50. The minimum atomic E-state index is -0.957. The summed E-state index contributed by atoms with van der Waals surface area (Å²) in [7, 11) is 0. The van der Waals surface area contributed by atoms with Crippen LogP contribution in [0.3, 0.4) is 0 Å². The summed E-state index contributed by atoms with van der Waals surface area (Å²) in [5.74, 6) is -0.957. The van der Waals surface area contributed by atoms with E-state index >= 15 is 0 Å².